The number of nitrogens with zero attached hydrogens (tertiary/aromatic N) is 2. The Balaban J connectivity index is 2.25. The maximum absolute atomic E-state index is 11.0. The summed E-state index contributed by atoms with van der Waals surface area (Å²) in [4.78, 5) is 22.1. The number of benzene rings is 2. The number of primary amides is 2. The van der Waals surface area contributed by atoms with Gasteiger partial charge in [0, 0.05) is 11.1 Å². The monoisotopic (exact) mass is 268 g/mol. The van der Waals surface area contributed by atoms with Gasteiger partial charge < -0.3 is 11.5 Å². The number of hydrogen-bond acceptors (Lipinski definition) is 4. The molecule has 0 saturated carbocycles. The Morgan fingerprint density at radius 1 is 0.750 bits per heavy atom. The van der Waals surface area contributed by atoms with E-state index in [4.69, 9.17) is 11.5 Å². The van der Waals surface area contributed by atoms with Gasteiger partial charge in [-0.05, 0) is 36.4 Å². The topological polar surface area (TPSA) is 111 Å². The quantitative estimate of drug-likeness (QED) is 0.829. The van der Waals surface area contributed by atoms with Crippen molar-refractivity contribution in [2.75, 3.05) is 0 Å². The Morgan fingerprint density at radius 3 is 1.50 bits per heavy atom. The zero-order chi connectivity index (χ0) is 14.5. The lowest BCUT2D eigenvalue weighted by Crippen LogP contribution is -2.10. The van der Waals surface area contributed by atoms with Crippen molar-refractivity contribution >= 4 is 23.2 Å². The van der Waals surface area contributed by atoms with E-state index in [1.165, 1.54) is 12.1 Å². The van der Waals surface area contributed by atoms with Crippen molar-refractivity contribution in [2.24, 2.45) is 21.7 Å². The average Bonchev–Trinajstić information content (AvgIpc) is 2.45. The van der Waals surface area contributed by atoms with E-state index < -0.39 is 11.8 Å². The third kappa shape index (κ3) is 3.26. The second-order valence-electron chi connectivity index (χ2n) is 4.03. The summed E-state index contributed by atoms with van der Waals surface area (Å²) in [6.07, 6.45) is 0. The van der Waals surface area contributed by atoms with Crippen molar-refractivity contribution in [1.82, 2.24) is 0 Å². The number of azo groups is 1. The fourth-order valence-corrected chi connectivity index (χ4v) is 1.56. The Kier molecular flexibility index (Phi) is 3.85. The molecule has 0 atom stereocenters. The Morgan fingerprint density at radius 2 is 1.15 bits per heavy atom. The van der Waals surface area contributed by atoms with E-state index in [-0.39, 0.29) is 0 Å². The van der Waals surface area contributed by atoms with Crippen LogP contribution in [-0.4, -0.2) is 11.8 Å². The van der Waals surface area contributed by atoms with Crippen LogP contribution in [0.1, 0.15) is 20.7 Å². The van der Waals surface area contributed by atoms with E-state index in [9.17, 15) is 9.59 Å². The van der Waals surface area contributed by atoms with Gasteiger partial charge in [-0.3, -0.25) is 9.59 Å². The Hall–Kier alpha value is -3.02. The SMILES string of the molecule is NC(=O)c1cccc(/N=N/c2cccc(C(N)=O)c2)c1. The lowest BCUT2D eigenvalue weighted by Gasteiger charge is -1.98. The molecule has 20 heavy (non-hydrogen) atoms. The summed E-state index contributed by atoms with van der Waals surface area (Å²) in [5, 5.41) is 7.97. The van der Waals surface area contributed by atoms with Crippen molar-refractivity contribution in [1.29, 1.82) is 0 Å². The molecule has 0 heterocycles. The molecule has 4 N–H and O–H groups in total. The summed E-state index contributed by atoms with van der Waals surface area (Å²) < 4.78 is 0. The minimum Gasteiger partial charge on any atom is -0.366 e. The summed E-state index contributed by atoms with van der Waals surface area (Å²) in [7, 11) is 0. The highest BCUT2D eigenvalue weighted by atomic mass is 16.1. The van der Waals surface area contributed by atoms with Gasteiger partial charge in [0.15, 0.2) is 0 Å². The van der Waals surface area contributed by atoms with Crippen LogP contribution < -0.4 is 11.5 Å². The molecule has 0 spiro atoms. The van der Waals surface area contributed by atoms with Crippen molar-refractivity contribution in [3.63, 3.8) is 0 Å². The largest absolute Gasteiger partial charge is 0.366 e. The van der Waals surface area contributed by atoms with Crippen molar-refractivity contribution in [3.05, 3.63) is 59.7 Å². The van der Waals surface area contributed by atoms with Crippen LogP contribution in [0.3, 0.4) is 0 Å². The zero-order valence-electron chi connectivity index (χ0n) is 10.5. The predicted molar refractivity (Wildman–Crippen MR) is 74.1 cm³/mol. The first-order valence-corrected chi connectivity index (χ1v) is 5.78. The number of rotatable bonds is 4. The van der Waals surface area contributed by atoms with Gasteiger partial charge in [0.1, 0.15) is 0 Å². The molecule has 0 bridgehead atoms. The molecule has 100 valence electrons. The first kappa shape index (κ1) is 13.4. The third-order valence-electron chi connectivity index (χ3n) is 2.54. The van der Waals surface area contributed by atoms with E-state index in [2.05, 4.69) is 10.2 Å². The molecule has 0 fully saturated rings. The van der Waals surface area contributed by atoms with E-state index >= 15 is 0 Å². The standard InChI is InChI=1S/C14H12N4O2/c15-13(19)9-3-1-5-11(7-9)17-18-12-6-2-4-10(8-12)14(16)20/h1-8H,(H2,15,19)(H2,16,20)/b18-17+. The molecule has 6 nitrogen and oxygen atoms in total. The summed E-state index contributed by atoms with van der Waals surface area (Å²) in [6.45, 7) is 0. The maximum Gasteiger partial charge on any atom is 0.248 e. The number of carbonyl (C=O) groups is 2. The molecule has 0 aliphatic rings. The van der Waals surface area contributed by atoms with E-state index in [0.717, 1.165) is 0 Å². The van der Waals surface area contributed by atoms with Gasteiger partial charge in [0.2, 0.25) is 11.8 Å². The molecular weight excluding hydrogens is 256 g/mol. The molecule has 0 aliphatic carbocycles. The number of hydrogen-bond donors (Lipinski definition) is 2. The van der Waals surface area contributed by atoms with Gasteiger partial charge in [0.05, 0.1) is 11.4 Å². The van der Waals surface area contributed by atoms with Gasteiger partial charge in [-0.15, -0.1) is 0 Å². The van der Waals surface area contributed by atoms with Gasteiger partial charge in [-0.2, -0.15) is 10.2 Å². The Bertz CT molecular complexity index is 636. The molecule has 0 aromatic heterocycles. The van der Waals surface area contributed by atoms with Crippen LogP contribution in [0.2, 0.25) is 0 Å². The van der Waals surface area contributed by atoms with Gasteiger partial charge in [0.25, 0.3) is 0 Å². The first-order chi connectivity index (χ1) is 9.56. The van der Waals surface area contributed by atoms with E-state index in [1.807, 2.05) is 0 Å². The molecule has 0 aliphatic heterocycles. The van der Waals surface area contributed by atoms with Gasteiger partial charge >= 0.3 is 0 Å². The van der Waals surface area contributed by atoms with E-state index in [1.54, 1.807) is 36.4 Å². The smallest absolute Gasteiger partial charge is 0.248 e. The lowest BCUT2D eigenvalue weighted by molar-refractivity contribution is 0.0992. The third-order valence-corrected chi connectivity index (χ3v) is 2.54. The van der Waals surface area contributed by atoms with Crippen LogP contribution in [-0.2, 0) is 0 Å². The molecule has 2 rings (SSSR count). The van der Waals surface area contributed by atoms with Crippen molar-refractivity contribution in [2.45, 2.75) is 0 Å². The van der Waals surface area contributed by atoms with Gasteiger partial charge in [-0.1, -0.05) is 12.1 Å². The van der Waals surface area contributed by atoms with Crippen LogP contribution in [0, 0.1) is 0 Å². The predicted octanol–water partition coefficient (Wildman–Crippen LogP) is 2.30. The second-order valence-corrected chi connectivity index (χ2v) is 4.03. The summed E-state index contributed by atoms with van der Waals surface area (Å²) in [5.41, 5.74) is 12.1. The molecule has 0 saturated heterocycles. The fraction of sp³-hybridized carbons (Fsp3) is 0. The first-order valence-electron chi connectivity index (χ1n) is 5.78. The van der Waals surface area contributed by atoms with Crippen LogP contribution in [0.25, 0.3) is 0 Å². The summed E-state index contributed by atoms with van der Waals surface area (Å²) in [6, 6.07) is 12.9. The number of carbonyl (C=O) groups excluding carboxylic acids is 2. The molecule has 0 radical (unpaired) electrons. The van der Waals surface area contributed by atoms with Crippen molar-refractivity contribution in [3.8, 4) is 0 Å². The molecule has 2 amide bonds. The lowest BCUT2D eigenvalue weighted by atomic mass is 10.2. The van der Waals surface area contributed by atoms with Crippen LogP contribution in [0.15, 0.2) is 58.8 Å². The highest BCUT2D eigenvalue weighted by molar-refractivity contribution is 5.94. The number of amides is 2. The van der Waals surface area contributed by atoms with Gasteiger partial charge in [-0.25, -0.2) is 0 Å². The van der Waals surface area contributed by atoms with Crippen molar-refractivity contribution < 1.29 is 9.59 Å². The van der Waals surface area contributed by atoms with Crippen LogP contribution >= 0.6 is 0 Å². The average molecular weight is 268 g/mol. The molecule has 2 aromatic rings. The minimum atomic E-state index is -0.530. The summed E-state index contributed by atoms with van der Waals surface area (Å²) in [5.74, 6) is -1.06. The minimum absolute atomic E-state index is 0.354. The molecule has 2 aromatic carbocycles. The molecule has 6 heteroatoms. The normalized spacial score (nSPS) is 10.6. The highest BCUT2D eigenvalue weighted by Gasteiger charge is 2.02. The molecule has 0 unspecified atom stereocenters. The zero-order valence-corrected chi connectivity index (χ0v) is 10.5. The van der Waals surface area contributed by atoms with Crippen LogP contribution in [0.4, 0.5) is 11.4 Å². The Labute approximate surface area is 115 Å². The summed E-state index contributed by atoms with van der Waals surface area (Å²) >= 11 is 0. The molecular formula is C14H12N4O2. The van der Waals surface area contributed by atoms with Crippen LogP contribution in [0.5, 0.6) is 0 Å². The van der Waals surface area contributed by atoms with E-state index in [0.29, 0.717) is 22.5 Å². The number of nitrogens with two attached hydrogens (primary N) is 2. The highest BCUT2D eigenvalue weighted by Crippen LogP contribution is 2.20. The fourth-order valence-electron chi connectivity index (χ4n) is 1.56. The second kappa shape index (κ2) is 5.75. The maximum atomic E-state index is 11.0.